The molecule has 1 aliphatic carbocycles. The fourth-order valence-electron chi connectivity index (χ4n) is 2.33. The first kappa shape index (κ1) is 11.2. The minimum Gasteiger partial charge on any atom is -0.371 e. The van der Waals surface area contributed by atoms with Gasteiger partial charge in [0.25, 0.3) is 0 Å². The number of carbonyl (C=O) groups excluding carboxylic acids is 1. The molecule has 1 aliphatic heterocycles. The Balaban J connectivity index is 2.30. The number of hydrogen-bond donors (Lipinski definition) is 2. The van der Waals surface area contributed by atoms with E-state index >= 15 is 0 Å². The molecule has 0 aromatic rings. The third-order valence-corrected chi connectivity index (χ3v) is 3.32. The molecule has 0 aromatic carbocycles. The highest BCUT2D eigenvalue weighted by atomic mass is 16.2. The second kappa shape index (κ2) is 4.68. The van der Waals surface area contributed by atoms with Gasteiger partial charge in [-0.2, -0.15) is 0 Å². The van der Waals surface area contributed by atoms with E-state index in [1.54, 1.807) is 4.90 Å². The molecule has 88 valence electrons. The molecule has 0 spiro atoms. The predicted octanol–water partition coefficient (Wildman–Crippen LogP) is 1.63. The normalized spacial score (nSPS) is 27.7. The highest BCUT2D eigenvalue weighted by Gasteiger charge is 2.23. The van der Waals surface area contributed by atoms with Gasteiger partial charge in [-0.3, -0.25) is 4.79 Å². The lowest BCUT2D eigenvalue weighted by Crippen LogP contribution is -2.33. The third kappa shape index (κ3) is 2.10. The van der Waals surface area contributed by atoms with Crippen LogP contribution in [0.15, 0.2) is 11.4 Å². The van der Waals surface area contributed by atoms with Gasteiger partial charge in [0.05, 0.1) is 0 Å². The summed E-state index contributed by atoms with van der Waals surface area (Å²) in [5.41, 5.74) is 1.75. The Labute approximate surface area is 96.2 Å². The molecule has 0 atom stereocenters. The van der Waals surface area contributed by atoms with Gasteiger partial charge in [0.15, 0.2) is 0 Å². The van der Waals surface area contributed by atoms with Crippen LogP contribution in [0.5, 0.6) is 0 Å². The standard InChI is InChI=1S/C12H19N3O/c1-15-11(16)7-4-8-14-12(15)9-5-2-3-6-10(9)13/h13-14H,2-8H2,1H3/b12-9+,13-10?. The van der Waals surface area contributed by atoms with E-state index in [1.807, 2.05) is 7.05 Å². The molecule has 16 heavy (non-hydrogen) atoms. The average Bonchev–Trinajstić information content (AvgIpc) is 2.44. The molecular weight excluding hydrogens is 202 g/mol. The summed E-state index contributed by atoms with van der Waals surface area (Å²) in [7, 11) is 1.81. The zero-order valence-electron chi connectivity index (χ0n) is 9.81. The molecule has 0 radical (unpaired) electrons. The van der Waals surface area contributed by atoms with Crippen LogP contribution in [0, 0.1) is 5.41 Å². The summed E-state index contributed by atoms with van der Waals surface area (Å²) in [6.45, 7) is 0.836. The van der Waals surface area contributed by atoms with Crippen LogP contribution < -0.4 is 5.32 Å². The first-order valence-electron chi connectivity index (χ1n) is 6.01. The third-order valence-electron chi connectivity index (χ3n) is 3.32. The molecule has 0 unspecified atom stereocenters. The van der Waals surface area contributed by atoms with E-state index in [0.29, 0.717) is 12.1 Å². The molecular formula is C12H19N3O. The fourth-order valence-corrected chi connectivity index (χ4v) is 2.33. The van der Waals surface area contributed by atoms with E-state index in [9.17, 15) is 4.79 Å². The van der Waals surface area contributed by atoms with Crippen molar-refractivity contribution in [2.75, 3.05) is 13.6 Å². The molecule has 2 aliphatic rings. The van der Waals surface area contributed by atoms with Crippen molar-refractivity contribution >= 4 is 11.6 Å². The SMILES string of the molecule is CN1C(=O)CCCN/C1=C1/CCCCC1=N. The summed E-state index contributed by atoms with van der Waals surface area (Å²) in [5.74, 6) is 1.04. The van der Waals surface area contributed by atoms with Crippen molar-refractivity contribution in [3.05, 3.63) is 11.4 Å². The molecule has 0 aromatic heterocycles. The monoisotopic (exact) mass is 221 g/mol. The van der Waals surface area contributed by atoms with Crippen LogP contribution in [0.4, 0.5) is 0 Å². The smallest absolute Gasteiger partial charge is 0.227 e. The predicted molar refractivity (Wildman–Crippen MR) is 63.2 cm³/mol. The lowest BCUT2D eigenvalue weighted by Gasteiger charge is -2.25. The second-order valence-electron chi connectivity index (χ2n) is 4.50. The van der Waals surface area contributed by atoms with Crippen molar-refractivity contribution in [2.45, 2.75) is 38.5 Å². The number of carbonyl (C=O) groups is 1. The number of allylic oxidation sites excluding steroid dienone is 1. The van der Waals surface area contributed by atoms with Gasteiger partial charge in [0.1, 0.15) is 5.82 Å². The number of hydrogen-bond acceptors (Lipinski definition) is 3. The summed E-state index contributed by atoms with van der Waals surface area (Å²) in [6, 6.07) is 0. The molecule has 4 nitrogen and oxygen atoms in total. The lowest BCUT2D eigenvalue weighted by molar-refractivity contribution is -0.127. The van der Waals surface area contributed by atoms with Gasteiger partial charge in [-0.15, -0.1) is 0 Å². The van der Waals surface area contributed by atoms with Gasteiger partial charge in [0.2, 0.25) is 5.91 Å². The highest BCUT2D eigenvalue weighted by molar-refractivity contribution is 5.99. The van der Waals surface area contributed by atoms with E-state index in [4.69, 9.17) is 5.41 Å². The average molecular weight is 221 g/mol. The quantitative estimate of drug-likeness (QED) is 0.653. The van der Waals surface area contributed by atoms with E-state index in [0.717, 1.165) is 50.0 Å². The van der Waals surface area contributed by atoms with E-state index in [2.05, 4.69) is 5.32 Å². The lowest BCUT2D eigenvalue weighted by atomic mass is 9.92. The minimum absolute atomic E-state index is 0.158. The van der Waals surface area contributed by atoms with E-state index < -0.39 is 0 Å². The molecule has 2 rings (SSSR count). The first-order chi connectivity index (χ1) is 7.70. The Morgan fingerprint density at radius 1 is 1.19 bits per heavy atom. The van der Waals surface area contributed by atoms with E-state index in [-0.39, 0.29) is 5.91 Å². The van der Waals surface area contributed by atoms with Crippen molar-refractivity contribution in [3.8, 4) is 0 Å². The molecule has 0 bridgehead atoms. The highest BCUT2D eigenvalue weighted by Crippen LogP contribution is 2.24. The molecule has 1 heterocycles. The summed E-state index contributed by atoms with van der Waals surface area (Å²) in [6.07, 6.45) is 5.50. The fraction of sp³-hybridized carbons (Fsp3) is 0.667. The van der Waals surface area contributed by atoms with Crippen LogP contribution in [0.2, 0.25) is 0 Å². The zero-order chi connectivity index (χ0) is 11.5. The largest absolute Gasteiger partial charge is 0.371 e. The summed E-state index contributed by atoms with van der Waals surface area (Å²) < 4.78 is 0. The Morgan fingerprint density at radius 2 is 1.94 bits per heavy atom. The van der Waals surface area contributed by atoms with Crippen LogP contribution in [-0.2, 0) is 4.79 Å². The van der Waals surface area contributed by atoms with Crippen molar-refractivity contribution in [2.24, 2.45) is 0 Å². The van der Waals surface area contributed by atoms with Gasteiger partial charge >= 0.3 is 0 Å². The van der Waals surface area contributed by atoms with Crippen molar-refractivity contribution in [1.29, 1.82) is 5.41 Å². The molecule has 4 heteroatoms. The van der Waals surface area contributed by atoms with Crippen LogP contribution in [-0.4, -0.2) is 30.1 Å². The van der Waals surface area contributed by atoms with Crippen molar-refractivity contribution in [1.82, 2.24) is 10.2 Å². The van der Waals surface area contributed by atoms with Crippen molar-refractivity contribution in [3.63, 3.8) is 0 Å². The second-order valence-corrected chi connectivity index (χ2v) is 4.50. The molecule has 2 N–H and O–H groups in total. The number of nitrogens with one attached hydrogen (secondary N) is 2. The van der Waals surface area contributed by atoms with Gasteiger partial charge < -0.3 is 15.6 Å². The van der Waals surface area contributed by atoms with Gasteiger partial charge in [-0.1, -0.05) is 0 Å². The van der Waals surface area contributed by atoms with Crippen molar-refractivity contribution < 1.29 is 4.79 Å². The maximum absolute atomic E-state index is 11.8. The number of rotatable bonds is 0. The maximum atomic E-state index is 11.8. The topological polar surface area (TPSA) is 56.2 Å². The zero-order valence-corrected chi connectivity index (χ0v) is 9.81. The van der Waals surface area contributed by atoms with Gasteiger partial charge in [-0.25, -0.2) is 0 Å². The van der Waals surface area contributed by atoms with Crippen LogP contribution in [0.3, 0.4) is 0 Å². The Morgan fingerprint density at radius 3 is 2.69 bits per heavy atom. The number of amides is 1. The summed E-state index contributed by atoms with van der Waals surface area (Å²) in [5, 5.41) is 11.3. The Bertz CT molecular complexity index is 346. The summed E-state index contributed by atoms with van der Waals surface area (Å²) >= 11 is 0. The van der Waals surface area contributed by atoms with Crippen LogP contribution in [0.1, 0.15) is 38.5 Å². The summed E-state index contributed by atoms with van der Waals surface area (Å²) in [4.78, 5) is 13.5. The first-order valence-corrected chi connectivity index (χ1v) is 6.01. The molecule has 1 saturated carbocycles. The van der Waals surface area contributed by atoms with Crippen LogP contribution >= 0.6 is 0 Å². The Hall–Kier alpha value is -1.32. The number of nitrogens with zero attached hydrogens (tertiary/aromatic N) is 1. The Kier molecular flexibility index (Phi) is 3.27. The van der Waals surface area contributed by atoms with E-state index in [1.165, 1.54) is 0 Å². The maximum Gasteiger partial charge on any atom is 0.227 e. The van der Waals surface area contributed by atoms with Gasteiger partial charge in [-0.05, 0) is 32.1 Å². The minimum atomic E-state index is 0.158. The molecule has 1 amide bonds. The van der Waals surface area contributed by atoms with Gasteiger partial charge in [0, 0.05) is 31.3 Å². The molecule has 1 saturated heterocycles. The van der Waals surface area contributed by atoms with Crippen LogP contribution in [0.25, 0.3) is 0 Å². The molecule has 2 fully saturated rings.